The van der Waals surface area contributed by atoms with Gasteiger partial charge in [-0.1, -0.05) is 25.1 Å². The van der Waals surface area contributed by atoms with Crippen molar-refractivity contribution in [3.05, 3.63) is 65.5 Å². The zero-order chi connectivity index (χ0) is 19.3. The molecule has 0 spiro atoms. The third-order valence-corrected chi connectivity index (χ3v) is 5.49. The van der Waals surface area contributed by atoms with Gasteiger partial charge in [-0.25, -0.2) is 22.5 Å². The second kappa shape index (κ2) is 8.20. The summed E-state index contributed by atoms with van der Waals surface area (Å²) in [7, 11) is -0.795. The molecule has 0 aliphatic carbocycles. The number of sulfonamides is 1. The lowest BCUT2D eigenvalue weighted by atomic mass is 10.1. The van der Waals surface area contributed by atoms with E-state index < -0.39 is 15.9 Å². The number of benzene rings is 2. The summed E-state index contributed by atoms with van der Waals surface area (Å²) in [6.45, 7) is 1.86. The zero-order valence-electron chi connectivity index (χ0n) is 14.7. The number of amides is 1. The van der Waals surface area contributed by atoms with Crippen LogP contribution in [0.1, 0.15) is 29.3 Å². The molecular weight excluding hydrogens is 357 g/mol. The molecule has 6 nitrogen and oxygen atoms in total. The number of nitrogens with zero attached hydrogens (tertiary/aromatic N) is 2. The maximum atomic E-state index is 13.0. The van der Waals surface area contributed by atoms with Gasteiger partial charge in [-0.15, -0.1) is 0 Å². The fraction of sp³-hybridized carbons (Fsp3) is 0.222. The molecule has 0 saturated heterocycles. The Morgan fingerprint density at radius 1 is 1.12 bits per heavy atom. The lowest BCUT2D eigenvalue weighted by Gasteiger charge is -2.12. The number of hydrazone groups is 1. The molecule has 0 atom stereocenters. The average Bonchev–Trinajstić information content (AvgIpc) is 2.63. The minimum atomic E-state index is -3.63. The van der Waals surface area contributed by atoms with Gasteiger partial charge in [-0.05, 0) is 42.3 Å². The van der Waals surface area contributed by atoms with E-state index in [0.717, 1.165) is 4.31 Å². The van der Waals surface area contributed by atoms with Crippen LogP contribution in [0.4, 0.5) is 4.39 Å². The second-order valence-electron chi connectivity index (χ2n) is 5.68. The van der Waals surface area contributed by atoms with Crippen LogP contribution in [0.25, 0.3) is 0 Å². The minimum absolute atomic E-state index is 0.0216. The van der Waals surface area contributed by atoms with E-state index in [0.29, 0.717) is 17.7 Å². The highest BCUT2D eigenvalue weighted by molar-refractivity contribution is 7.89. The number of halogens is 1. The molecule has 2 rings (SSSR count). The maximum Gasteiger partial charge on any atom is 0.271 e. The molecule has 0 bridgehead atoms. The standard InChI is InChI=1S/C18H20FN3O3S/c1-4-17(13-8-10-15(19)11-9-13)20-21-18(23)14-6-5-7-16(12-14)26(24,25)22(2)3/h5-12H,4H2,1-3H3,(H,21,23)/b20-17-. The summed E-state index contributed by atoms with van der Waals surface area (Å²) >= 11 is 0. The number of carbonyl (C=O) groups is 1. The lowest BCUT2D eigenvalue weighted by Crippen LogP contribution is -2.24. The summed E-state index contributed by atoms with van der Waals surface area (Å²) in [4.78, 5) is 12.3. The van der Waals surface area contributed by atoms with Crippen LogP contribution in [0.15, 0.2) is 58.5 Å². The SMILES string of the molecule is CC/C(=N/NC(=O)c1cccc(S(=O)(=O)N(C)C)c1)c1ccc(F)cc1. The number of carbonyl (C=O) groups excluding carboxylic acids is 1. The first kappa shape index (κ1) is 19.7. The van der Waals surface area contributed by atoms with Crippen LogP contribution in [-0.4, -0.2) is 38.4 Å². The van der Waals surface area contributed by atoms with Gasteiger partial charge in [0.25, 0.3) is 5.91 Å². The predicted molar refractivity (Wildman–Crippen MR) is 98.0 cm³/mol. The highest BCUT2D eigenvalue weighted by atomic mass is 32.2. The van der Waals surface area contributed by atoms with E-state index in [-0.39, 0.29) is 16.3 Å². The highest BCUT2D eigenvalue weighted by Crippen LogP contribution is 2.15. The van der Waals surface area contributed by atoms with Gasteiger partial charge in [0.1, 0.15) is 5.82 Å². The zero-order valence-corrected chi connectivity index (χ0v) is 15.5. The first-order chi connectivity index (χ1) is 12.3. The molecule has 0 heterocycles. The van der Waals surface area contributed by atoms with E-state index in [1.807, 2.05) is 6.92 Å². The van der Waals surface area contributed by atoms with Gasteiger partial charge in [-0.3, -0.25) is 4.79 Å². The molecule has 2 aromatic carbocycles. The Morgan fingerprint density at radius 3 is 2.35 bits per heavy atom. The molecule has 26 heavy (non-hydrogen) atoms. The Morgan fingerprint density at radius 2 is 1.77 bits per heavy atom. The first-order valence-corrected chi connectivity index (χ1v) is 9.35. The predicted octanol–water partition coefficient (Wildman–Crippen LogP) is 2.62. The van der Waals surface area contributed by atoms with E-state index in [1.54, 1.807) is 12.1 Å². The van der Waals surface area contributed by atoms with Gasteiger partial charge < -0.3 is 0 Å². The number of nitrogens with one attached hydrogen (secondary N) is 1. The van der Waals surface area contributed by atoms with Crippen molar-refractivity contribution < 1.29 is 17.6 Å². The van der Waals surface area contributed by atoms with E-state index in [2.05, 4.69) is 10.5 Å². The van der Waals surface area contributed by atoms with Gasteiger partial charge in [-0.2, -0.15) is 5.10 Å². The van der Waals surface area contributed by atoms with E-state index in [9.17, 15) is 17.6 Å². The minimum Gasteiger partial charge on any atom is -0.267 e. The average molecular weight is 377 g/mol. The Labute approximate surface area is 152 Å². The van der Waals surface area contributed by atoms with Crippen molar-refractivity contribution in [3.8, 4) is 0 Å². The van der Waals surface area contributed by atoms with Crippen molar-refractivity contribution in [2.75, 3.05) is 14.1 Å². The normalized spacial score (nSPS) is 12.3. The van der Waals surface area contributed by atoms with Crippen molar-refractivity contribution in [1.82, 2.24) is 9.73 Å². The van der Waals surface area contributed by atoms with Gasteiger partial charge in [0, 0.05) is 19.7 Å². The molecule has 0 aliphatic rings. The lowest BCUT2D eigenvalue weighted by molar-refractivity contribution is 0.0954. The van der Waals surface area contributed by atoms with Crippen molar-refractivity contribution in [1.29, 1.82) is 0 Å². The van der Waals surface area contributed by atoms with Crippen molar-refractivity contribution >= 4 is 21.6 Å². The Hall–Kier alpha value is -2.58. The van der Waals surface area contributed by atoms with Crippen LogP contribution in [-0.2, 0) is 10.0 Å². The molecule has 0 aliphatic heterocycles. The van der Waals surface area contributed by atoms with E-state index in [1.165, 1.54) is 50.5 Å². The number of hydrogen-bond acceptors (Lipinski definition) is 4. The largest absolute Gasteiger partial charge is 0.271 e. The van der Waals surface area contributed by atoms with Crippen LogP contribution in [0, 0.1) is 5.82 Å². The Bertz CT molecular complexity index is 923. The molecule has 0 unspecified atom stereocenters. The molecular formula is C18H20FN3O3S. The Balaban J connectivity index is 2.23. The first-order valence-electron chi connectivity index (χ1n) is 7.91. The summed E-state index contributed by atoms with van der Waals surface area (Å²) in [5.74, 6) is -0.888. The van der Waals surface area contributed by atoms with E-state index in [4.69, 9.17) is 0 Å². The van der Waals surface area contributed by atoms with Crippen molar-refractivity contribution in [2.24, 2.45) is 5.10 Å². The third kappa shape index (κ3) is 4.53. The third-order valence-electron chi connectivity index (χ3n) is 3.68. The Kier molecular flexibility index (Phi) is 6.23. The van der Waals surface area contributed by atoms with Crippen LogP contribution in [0.2, 0.25) is 0 Å². The molecule has 1 amide bonds. The van der Waals surface area contributed by atoms with Crippen LogP contribution in [0.5, 0.6) is 0 Å². The van der Waals surface area contributed by atoms with Gasteiger partial charge in [0.2, 0.25) is 10.0 Å². The summed E-state index contributed by atoms with van der Waals surface area (Å²) in [6.07, 6.45) is 0.529. The molecule has 0 aromatic heterocycles. The molecule has 0 fully saturated rings. The molecule has 138 valence electrons. The smallest absolute Gasteiger partial charge is 0.267 e. The fourth-order valence-corrected chi connectivity index (χ4v) is 3.13. The van der Waals surface area contributed by atoms with Crippen LogP contribution >= 0.6 is 0 Å². The summed E-state index contributed by atoms with van der Waals surface area (Å²) in [6, 6.07) is 11.5. The summed E-state index contributed by atoms with van der Waals surface area (Å²) in [5, 5.41) is 4.08. The second-order valence-corrected chi connectivity index (χ2v) is 7.83. The highest BCUT2D eigenvalue weighted by Gasteiger charge is 2.18. The number of hydrogen-bond donors (Lipinski definition) is 1. The quantitative estimate of drug-likeness (QED) is 0.621. The van der Waals surface area contributed by atoms with Gasteiger partial charge in [0.05, 0.1) is 10.6 Å². The van der Waals surface area contributed by atoms with Crippen molar-refractivity contribution in [3.63, 3.8) is 0 Å². The topological polar surface area (TPSA) is 78.8 Å². The maximum absolute atomic E-state index is 13.0. The number of rotatable bonds is 6. The monoisotopic (exact) mass is 377 g/mol. The van der Waals surface area contributed by atoms with Crippen molar-refractivity contribution in [2.45, 2.75) is 18.2 Å². The molecule has 1 N–H and O–H groups in total. The summed E-state index contributed by atoms with van der Waals surface area (Å²) < 4.78 is 38.4. The molecule has 8 heteroatoms. The van der Waals surface area contributed by atoms with Gasteiger partial charge in [0.15, 0.2) is 0 Å². The van der Waals surface area contributed by atoms with Crippen LogP contribution in [0.3, 0.4) is 0 Å². The molecule has 0 saturated carbocycles. The van der Waals surface area contributed by atoms with Gasteiger partial charge >= 0.3 is 0 Å². The molecule has 2 aromatic rings. The fourth-order valence-electron chi connectivity index (χ4n) is 2.18. The van der Waals surface area contributed by atoms with E-state index >= 15 is 0 Å². The summed E-state index contributed by atoms with van der Waals surface area (Å²) in [5.41, 5.74) is 3.86. The van der Waals surface area contributed by atoms with Crippen LogP contribution < -0.4 is 5.43 Å². The molecule has 0 radical (unpaired) electrons.